The minimum atomic E-state index is 0.499. The lowest BCUT2D eigenvalue weighted by Crippen LogP contribution is -2.34. The first-order valence-electron chi connectivity index (χ1n) is 6.81. The van der Waals surface area contributed by atoms with Gasteiger partial charge in [0.05, 0.1) is 0 Å². The molecule has 2 aromatic heterocycles. The van der Waals surface area contributed by atoms with Crippen molar-refractivity contribution >= 4 is 5.65 Å². The van der Waals surface area contributed by atoms with E-state index in [-0.39, 0.29) is 0 Å². The molecule has 0 aliphatic carbocycles. The number of aromatic nitrogens is 3. The third kappa shape index (κ3) is 2.12. The summed E-state index contributed by atoms with van der Waals surface area (Å²) in [4.78, 5) is 7.18. The van der Waals surface area contributed by atoms with Crippen molar-refractivity contribution in [3.63, 3.8) is 0 Å². The number of likely N-dealkylation sites (N-methyl/N-ethyl adjacent to an activating group) is 1. The number of rotatable bonds is 2. The second-order valence-electron chi connectivity index (χ2n) is 5.21. The van der Waals surface area contributed by atoms with Gasteiger partial charge >= 0.3 is 0 Å². The van der Waals surface area contributed by atoms with Crippen LogP contribution in [0.1, 0.15) is 37.1 Å². The molecule has 1 aliphatic rings. The maximum Gasteiger partial charge on any atom is 0.156 e. The first-order chi connectivity index (χ1) is 8.76. The van der Waals surface area contributed by atoms with Crippen molar-refractivity contribution < 1.29 is 0 Å². The predicted molar refractivity (Wildman–Crippen MR) is 71.8 cm³/mol. The van der Waals surface area contributed by atoms with Gasteiger partial charge in [-0.1, -0.05) is 6.92 Å². The molecule has 1 atom stereocenters. The molecule has 0 bridgehead atoms. The van der Waals surface area contributed by atoms with Crippen LogP contribution >= 0.6 is 0 Å². The number of fused-ring (bicyclic) bond motifs is 1. The van der Waals surface area contributed by atoms with E-state index >= 15 is 0 Å². The second kappa shape index (κ2) is 4.69. The SMILES string of the molecule is CCN1CCCC(c2nc3cc(C)ccn3n2)C1. The number of hydrogen-bond donors (Lipinski definition) is 0. The van der Waals surface area contributed by atoms with Crippen molar-refractivity contribution in [1.82, 2.24) is 19.5 Å². The van der Waals surface area contributed by atoms with Crippen LogP contribution in [0, 0.1) is 6.92 Å². The normalized spacial score (nSPS) is 21.6. The van der Waals surface area contributed by atoms with Crippen LogP contribution in [0.3, 0.4) is 0 Å². The van der Waals surface area contributed by atoms with E-state index < -0.39 is 0 Å². The van der Waals surface area contributed by atoms with E-state index in [2.05, 4.69) is 36.0 Å². The van der Waals surface area contributed by atoms with Crippen LogP contribution in [0.15, 0.2) is 18.3 Å². The van der Waals surface area contributed by atoms with Crippen LogP contribution in [-0.2, 0) is 0 Å². The fourth-order valence-corrected chi connectivity index (χ4v) is 2.73. The third-order valence-corrected chi connectivity index (χ3v) is 3.83. The first kappa shape index (κ1) is 11.7. The molecule has 0 saturated carbocycles. The number of likely N-dealkylation sites (tertiary alicyclic amines) is 1. The Balaban J connectivity index is 1.89. The zero-order chi connectivity index (χ0) is 12.5. The van der Waals surface area contributed by atoms with Gasteiger partial charge in [-0.05, 0) is 50.6 Å². The zero-order valence-electron chi connectivity index (χ0n) is 11.1. The second-order valence-corrected chi connectivity index (χ2v) is 5.21. The Morgan fingerprint density at radius 3 is 3.17 bits per heavy atom. The van der Waals surface area contributed by atoms with E-state index in [0.717, 1.165) is 24.6 Å². The summed E-state index contributed by atoms with van der Waals surface area (Å²) < 4.78 is 1.90. The Morgan fingerprint density at radius 1 is 1.44 bits per heavy atom. The molecule has 1 fully saturated rings. The molecule has 3 heterocycles. The number of piperidine rings is 1. The highest BCUT2D eigenvalue weighted by molar-refractivity contribution is 5.40. The maximum absolute atomic E-state index is 4.69. The molecule has 96 valence electrons. The van der Waals surface area contributed by atoms with E-state index in [1.165, 1.54) is 24.9 Å². The molecule has 2 aromatic rings. The molecular weight excluding hydrogens is 224 g/mol. The molecule has 3 rings (SSSR count). The molecule has 0 radical (unpaired) electrons. The van der Waals surface area contributed by atoms with Gasteiger partial charge in [0.2, 0.25) is 0 Å². The summed E-state index contributed by atoms with van der Waals surface area (Å²) in [5, 5.41) is 4.63. The van der Waals surface area contributed by atoms with Crippen LogP contribution in [0.4, 0.5) is 0 Å². The van der Waals surface area contributed by atoms with Crippen LogP contribution in [0.5, 0.6) is 0 Å². The molecule has 0 N–H and O–H groups in total. The molecular formula is C14H20N4. The first-order valence-corrected chi connectivity index (χ1v) is 6.81. The average molecular weight is 244 g/mol. The highest BCUT2D eigenvalue weighted by Gasteiger charge is 2.23. The van der Waals surface area contributed by atoms with Gasteiger partial charge < -0.3 is 4.90 Å². The summed E-state index contributed by atoms with van der Waals surface area (Å²) >= 11 is 0. The summed E-state index contributed by atoms with van der Waals surface area (Å²) in [5.41, 5.74) is 2.21. The van der Waals surface area contributed by atoms with Crippen LogP contribution in [-0.4, -0.2) is 39.1 Å². The number of aryl methyl sites for hydroxylation is 1. The lowest BCUT2D eigenvalue weighted by molar-refractivity contribution is 0.214. The summed E-state index contributed by atoms with van der Waals surface area (Å²) in [5.74, 6) is 1.51. The van der Waals surface area contributed by atoms with Gasteiger partial charge in [-0.15, -0.1) is 0 Å². The van der Waals surface area contributed by atoms with E-state index in [9.17, 15) is 0 Å². The molecule has 1 saturated heterocycles. The molecule has 4 nitrogen and oxygen atoms in total. The quantitative estimate of drug-likeness (QED) is 0.812. The molecule has 0 aromatic carbocycles. The lowest BCUT2D eigenvalue weighted by atomic mass is 9.97. The third-order valence-electron chi connectivity index (χ3n) is 3.83. The largest absolute Gasteiger partial charge is 0.303 e. The summed E-state index contributed by atoms with van der Waals surface area (Å²) in [6, 6.07) is 4.17. The van der Waals surface area contributed by atoms with Gasteiger partial charge in [-0.25, -0.2) is 9.50 Å². The standard InChI is InChI=1S/C14H20N4/c1-3-17-7-4-5-12(10-17)14-15-13-9-11(2)6-8-18(13)16-14/h6,8-9,12H,3-5,7,10H2,1-2H3. The minimum Gasteiger partial charge on any atom is -0.303 e. The lowest BCUT2D eigenvalue weighted by Gasteiger charge is -2.30. The number of pyridine rings is 1. The average Bonchev–Trinajstić information content (AvgIpc) is 2.81. The van der Waals surface area contributed by atoms with Gasteiger partial charge in [-0.2, -0.15) is 5.10 Å². The molecule has 0 spiro atoms. The smallest absolute Gasteiger partial charge is 0.156 e. The number of hydrogen-bond acceptors (Lipinski definition) is 3. The Hall–Kier alpha value is -1.42. The zero-order valence-corrected chi connectivity index (χ0v) is 11.1. The topological polar surface area (TPSA) is 33.4 Å². The van der Waals surface area contributed by atoms with Crippen LogP contribution < -0.4 is 0 Å². The van der Waals surface area contributed by atoms with Crippen molar-refractivity contribution in [2.24, 2.45) is 0 Å². The molecule has 1 unspecified atom stereocenters. The van der Waals surface area contributed by atoms with Gasteiger partial charge in [0.25, 0.3) is 0 Å². The molecule has 0 amide bonds. The minimum absolute atomic E-state index is 0.499. The Labute approximate surface area is 108 Å². The Bertz CT molecular complexity index is 546. The predicted octanol–water partition coefficient (Wildman–Crippen LogP) is 2.24. The monoisotopic (exact) mass is 244 g/mol. The Kier molecular flexibility index (Phi) is 3.04. The highest BCUT2D eigenvalue weighted by Crippen LogP contribution is 2.24. The molecule has 1 aliphatic heterocycles. The summed E-state index contributed by atoms with van der Waals surface area (Å²) in [6.07, 6.45) is 4.47. The van der Waals surface area contributed by atoms with Crippen molar-refractivity contribution in [1.29, 1.82) is 0 Å². The maximum atomic E-state index is 4.69. The molecule has 18 heavy (non-hydrogen) atoms. The Morgan fingerprint density at radius 2 is 2.33 bits per heavy atom. The van der Waals surface area contributed by atoms with Crippen molar-refractivity contribution in [2.75, 3.05) is 19.6 Å². The summed E-state index contributed by atoms with van der Waals surface area (Å²) in [7, 11) is 0. The van der Waals surface area contributed by atoms with Crippen molar-refractivity contribution in [3.8, 4) is 0 Å². The fourth-order valence-electron chi connectivity index (χ4n) is 2.73. The van der Waals surface area contributed by atoms with Gasteiger partial charge in [0.15, 0.2) is 11.5 Å². The fraction of sp³-hybridized carbons (Fsp3) is 0.571. The van der Waals surface area contributed by atoms with E-state index in [0.29, 0.717) is 5.92 Å². The molecule has 4 heteroatoms. The van der Waals surface area contributed by atoms with Gasteiger partial charge in [0.1, 0.15) is 0 Å². The van der Waals surface area contributed by atoms with E-state index in [1.54, 1.807) is 0 Å². The summed E-state index contributed by atoms with van der Waals surface area (Å²) in [6.45, 7) is 7.77. The van der Waals surface area contributed by atoms with Gasteiger partial charge in [-0.3, -0.25) is 0 Å². The van der Waals surface area contributed by atoms with Crippen molar-refractivity contribution in [2.45, 2.75) is 32.6 Å². The van der Waals surface area contributed by atoms with E-state index in [1.807, 2.05) is 10.7 Å². The number of nitrogens with zero attached hydrogens (tertiary/aromatic N) is 4. The highest BCUT2D eigenvalue weighted by atomic mass is 15.3. The van der Waals surface area contributed by atoms with Crippen molar-refractivity contribution in [3.05, 3.63) is 29.7 Å². The van der Waals surface area contributed by atoms with Crippen LogP contribution in [0.2, 0.25) is 0 Å². The van der Waals surface area contributed by atoms with Gasteiger partial charge in [0, 0.05) is 18.7 Å². The van der Waals surface area contributed by atoms with Crippen LogP contribution in [0.25, 0.3) is 5.65 Å². The van der Waals surface area contributed by atoms with E-state index in [4.69, 9.17) is 4.98 Å².